The van der Waals surface area contributed by atoms with Crippen molar-refractivity contribution in [3.8, 4) is 11.4 Å². The van der Waals surface area contributed by atoms with E-state index in [4.69, 9.17) is 26.8 Å². The van der Waals surface area contributed by atoms with E-state index in [0.717, 1.165) is 4.68 Å². The molecule has 0 atom stereocenters. The average molecular weight is 284 g/mol. The first kappa shape index (κ1) is 12.0. The number of anilines is 1. The number of halogens is 1. The number of rotatable bonds is 3. The van der Waals surface area contributed by atoms with Crippen molar-refractivity contribution in [1.29, 1.82) is 0 Å². The molecular formula is C10H10ClN5O3. The van der Waals surface area contributed by atoms with Crippen molar-refractivity contribution in [2.75, 3.05) is 18.9 Å². The minimum atomic E-state index is -0.496. The van der Waals surface area contributed by atoms with E-state index >= 15 is 0 Å². The fourth-order valence-corrected chi connectivity index (χ4v) is 1.85. The number of nitrogens with zero attached hydrogens (tertiary/aromatic N) is 3. The second-order valence-corrected chi connectivity index (χ2v) is 4.44. The molecule has 0 unspecified atom stereocenters. The van der Waals surface area contributed by atoms with Gasteiger partial charge in [0.25, 0.3) is 0 Å². The van der Waals surface area contributed by atoms with Crippen LogP contribution >= 0.6 is 11.6 Å². The number of aromatic nitrogens is 4. The summed E-state index contributed by atoms with van der Waals surface area (Å²) in [7, 11) is 0. The number of H-pyrrole nitrogens is 1. The molecule has 0 spiro atoms. The number of hydrogen-bond acceptors (Lipinski definition) is 6. The molecule has 3 N–H and O–H groups in total. The standard InChI is InChI=1S/C10H10ClN5O3/c11-6-1-8(16-10(17)13-14-15-16)7(12)2-9(6)19-5-3-18-4-5/h1-2,5H,3-4,12H2,(H,13,15,17). The Morgan fingerprint density at radius 3 is 2.89 bits per heavy atom. The van der Waals surface area contributed by atoms with E-state index in [-0.39, 0.29) is 6.10 Å². The predicted octanol–water partition coefficient (Wildman–Crippen LogP) is -0.0312. The summed E-state index contributed by atoms with van der Waals surface area (Å²) in [5.74, 6) is 0.452. The molecule has 1 aromatic heterocycles. The van der Waals surface area contributed by atoms with Gasteiger partial charge in [0.05, 0.1) is 29.6 Å². The number of nitrogens with one attached hydrogen (secondary N) is 1. The molecule has 0 amide bonds. The number of nitrogens with two attached hydrogens (primary N) is 1. The minimum Gasteiger partial charge on any atom is -0.484 e. The summed E-state index contributed by atoms with van der Waals surface area (Å²) in [6, 6.07) is 3.06. The Morgan fingerprint density at radius 1 is 1.53 bits per heavy atom. The maximum Gasteiger partial charge on any atom is 0.365 e. The van der Waals surface area contributed by atoms with Crippen LogP contribution in [0.15, 0.2) is 16.9 Å². The average Bonchev–Trinajstić information content (AvgIpc) is 2.73. The molecule has 9 heteroatoms. The summed E-state index contributed by atoms with van der Waals surface area (Å²) in [6.45, 7) is 1.06. The lowest BCUT2D eigenvalue weighted by atomic mass is 10.2. The number of tetrazole rings is 1. The number of ether oxygens (including phenoxy) is 2. The topological polar surface area (TPSA) is 108 Å². The Bertz CT molecular complexity index is 663. The van der Waals surface area contributed by atoms with Gasteiger partial charge in [0.2, 0.25) is 0 Å². The summed E-state index contributed by atoms with van der Waals surface area (Å²) < 4.78 is 11.6. The third-order valence-corrected chi connectivity index (χ3v) is 2.98. The monoisotopic (exact) mass is 283 g/mol. The van der Waals surface area contributed by atoms with Crippen LogP contribution in [-0.4, -0.2) is 39.5 Å². The lowest BCUT2D eigenvalue weighted by Gasteiger charge is -2.27. The van der Waals surface area contributed by atoms with Crippen molar-refractivity contribution in [3.63, 3.8) is 0 Å². The van der Waals surface area contributed by atoms with Crippen LogP contribution in [0, 0.1) is 0 Å². The minimum absolute atomic E-state index is 0.0162. The molecule has 0 saturated carbocycles. The van der Waals surface area contributed by atoms with Gasteiger partial charge >= 0.3 is 5.69 Å². The molecule has 0 radical (unpaired) electrons. The molecule has 0 bridgehead atoms. The fraction of sp³-hybridized carbons (Fsp3) is 0.300. The quantitative estimate of drug-likeness (QED) is 0.766. The van der Waals surface area contributed by atoms with E-state index in [1.807, 2.05) is 0 Å². The third kappa shape index (κ3) is 2.15. The molecule has 19 heavy (non-hydrogen) atoms. The SMILES string of the molecule is Nc1cc(OC2COC2)c(Cl)cc1-n1nn[nH]c1=O. The Hall–Kier alpha value is -2.06. The van der Waals surface area contributed by atoms with Crippen molar-refractivity contribution in [2.45, 2.75) is 6.10 Å². The second kappa shape index (κ2) is 4.56. The van der Waals surface area contributed by atoms with Crippen LogP contribution < -0.4 is 16.2 Å². The van der Waals surface area contributed by atoms with E-state index in [0.29, 0.717) is 35.4 Å². The van der Waals surface area contributed by atoms with Gasteiger partial charge in [-0.3, -0.25) is 0 Å². The van der Waals surface area contributed by atoms with Gasteiger partial charge in [0.15, 0.2) is 0 Å². The highest BCUT2D eigenvalue weighted by atomic mass is 35.5. The molecule has 0 aliphatic carbocycles. The number of benzene rings is 1. The van der Waals surface area contributed by atoms with Gasteiger partial charge in [-0.1, -0.05) is 11.6 Å². The Morgan fingerprint density at radius 2 is 2.32 bits per heavy atom. The number of hydrogen-bond donors (Lipinski definition) is 2. The Balaban J connectivity index is 1.97. The lowest BCUT2D eigenvalue weighted by Crippen LogP contribution is -2.38. The maximum absolute atomic E-state index is 11.4. The lowest BCUT2D eigenvalue weighted by molar-refractivity contribution is -0.0796. The zero-order valence-corrected chi connectivity index (χ0v) is 10.4. The van der Waals surface area contributed by atoms with Crippen LogP contribution in [0.1, 0.15) is 0 Å². The molecule has 3 rings (SSSR count). The molecule has 100 valence electrons. The van der Waals surface area contributed by atoms with Crippen molar-refractivity contribution < 1.29 is 9.47 Å². The summed E-state index contributed by atoms with van der Waals surface area (Å²) in [5.41, 5.74) is 6.04. The van der Waals surface area contributed by atoms with E-state index in [1.165, 1.54) is 6.07 Å². The first-order valence-corrected chi connectivity index (χ1v) is 5.87. The van der Waals surface area contributed by atoms with E-state index in [2.05, 4.69) is 15.5 Å². The third-order valence-electron chi connectivity index (χ3n) is 2.68. The summed E-state index contributed by atoms with van der Waals surface area (Å²) in [5, 5.41) is 9.51. The summed E-state index contributed by atoms with van der Waals surface area (Å²) >= 11 is 6.10. The van der Waals surface area contributed by atoms with Crippen LogP contribution in [0.25, 0.3) is 5.69 Å². The zero-order chi connectivity index (χ0) is 13.4. The Labute approximate surface area is 112 Å². The molecule has 2 aromatic rings. The zero-order valence-electron chi connectivity index (χ0n) is 9.67. The molecule has 2 heterocycles. The van der Waals surface area contributed by atoms with Gasteiger partial charge in [0.1, 0.15) is 11.9 Å². The predicted molar refractivity (Wildman–Crippen MR) is 66.6 cm³/mol. The maximum atomic E-state index is 11.4. The van der Waals surface area contributed by atoms with Gasteiger partial charge < -0.3 is 15.2 Å². The molecule has 1 fully saturated rings. The molecule has 1 aromatic carbocycles. The van der Waals surface area contributed by atoms with Crippen LogP contribution in [0.4, 0.5) is 5.69 Å². The Kier molecular flexibility index (Phi) is 2.88. The second-order valence-electron chi connectivity index (χ2n) is 4.04. The number of aromatic amines is 1. The van der Waals surface area contributed by atoms with Gasteiger partial charge in [-0.2, -0.15) is 4.68 Å². The molecular weight excluding hydrogens is 274 g/mol. The van der Waals surface area contributed by atoms with Gasteiger partial charge in [-0.15, -0.1) is 0 Å². The summed E-state index contributed by atoms with van der Waals surface area (Å²) in [4.78, 5) is 11.4. The molecule has 1 aliphatic rings. The van der Waals surface area contributed by atoms with Crippen molar-refractivity contribution >= 4 is 17.3 Å². The van der Waals surface area contributed by atoms with Crippen molar-refractivity contribution in [1.82, 2.24) is 20.2 Å². The first-order valence-electron chi connectivity index (χ1n) is 5.49. The molecule has 1 saturated heterocycles. The van der Waals surface area contributed by atoms with Crippen LogP contribution in [-0.2, 0) is 4.74 Å². The first-order chi connectivity index (χ1) is 9.15. The highest BCUT2D eigenvalue weighted by molar-refractivity contribution is 6.32. The van der Waals surface area contributed by atoms with Crippen molar-refractivity contribution in [2.24, 2.45) is 0 Å². The van der Waals surface area contributed by atoms with E-state index in [1.54, 1.807) is 6.07 Å². The highest BCUT2D eigenvalue weighted by Crippen LogP contribution is 2.32. The molecule has 8 nitrogen and oxygen atoms in total. The molecule has 1 aliphatic heterocycles. The van der Waals surface area contributed by atoms with Gasteiger partial charge in [0, 0.05) is 6.07 Å². The van der Waals surface area contributed by atoms with E-state index < -0.39 is 5.69 Å². The van der Waals surface area contributed by atoms with Crippen LogP contribution in [0.5, 0.6) is 5.75 Å². The van der Waals surface area contributed by atoms with Crippen LogP contribution in [0.2, 0.25) is 5.02 Å². The highest BCUT2D eigenvalue weighted by Gasteiger charge is 2.22. The number of nitrogen functional groups attached to an aromatic ring is 1. The normalized spacial score (nSPS) is 15.2. The van der Waals surface area contributed by atoms with E-state index in [9.17, 15) is 4.79 Å². The van der Waals surface area contributed by atoms with Gasteiger partial charge in [-0.25, -0.2) is 9.89 Å². The largest absolute Gasteiger partial charge is 0.484 e. The summed E-state index contributed by atoms with van der Waals surface area (Å²) in [6.07, 6.45) is -0.0162. The van der Waals surface area contributed by atoms with Crippen molar-refractivity contribution in [3.05, 3.63) is 27.6 Å². The van der Waals surface area contributed by atoms with Crippen LogP contribution in [0.3, 0.4) is 0 Å². The van der Waals surface area contributed by atoms with Gasteiger partial charge in [-0.05, 0) is 16.5 Å². The fourth-order valence-electron chi connectivity index (χ4n) is 1.65. The smallest absolute Gasteiger partial charge is 0.365 e.